The predicted octanol–water partition coefficient (Wildman–Crippen LogP) is 2.96. The van der Waals surface area contributed by atoms with Gasteiger partial charge in [0.2, 0.25) is 0 Å². The Labute approximate surface area is 102 Å². The lowest BCUT2D eigenvalue weighted by Gasteiger charge is -2.32. The van der Waals surface area contributed by atoms with Gasteiger partial charge in [-0.2, -0.15) is 0 Å². The second-order valence-electron chi connectivity index (χ2n) is 5.06. The number of methoxy groups -OCH3 is 2. The molecule has 3 nitrogen and oxygen atoms in total. The van der Waals surface area contributed by atoms with Crippen LogP contribution in [0.1, 0.15) is 42.6 Å². The summed E-state index contributed by atoms with van der Waals surface area (Å²) in [6.45, 7) is 4.30. The molecule has 1 aromatic rings. The minimum atomic E-state index is -0.00887. The summed E-state index contributed by atoms with van der Waals surface area (Å²) < 4.78 is 10.6. The van der Waals surface area contributed by atoms with Crippen molar-refractivity contribution in [1.29, 1.82) is 0 Å². The molecule has 1 aliphatic carbocycles. The van der Waals surface area contributed by atoms with Crippen LogP contribution in [0.3, 0.4) is 0 Å². The molecule has 17 heavy (non-hydrogen) atoms. The molecule has 0 aromatic heterocycles. The van der Waals surface area contributed by atoms with Crippen LogP contribution in [0.25, 0.3) is 0 Å². The fourth-order valence-electron chi connectivity index (χ4n) is 2.38. The van der Waals surface area contributed by atoms with Crippen LogP contribution in [0.2, 0.25) is 0 Å². The number of ether oxygens (including phenoxy) is 2. The minimum Gasteiger partial charge on any atom is -0.497 e. The van der Waals surface area contributed by atoms with E-state index >= 15 is 0 Å². The molecule has 0 bridgehead atoms. The summed E-state index contributed by atoms with van der Waals surface area (Å²) in [6, 6.07) is 3.73. The fraction of sp³-hybridized carbons (Fsp3) is 0.500. The van der Waals surface area contributed by atoms with Crippen molar-refractivity contribution >= 4 is 5.78 Å². The van der Waals surface area contributed by atoms with Gasteiger partial charge in [0.15, 0.2) is 5.78 Å². The number of carbonyl (C=O) groups is 1. The molecule has 0 atom stereocenters. The highest BCUT2D eigenvalue weighted by Crippen LogP contribution is 2.42. The molecule has 0 unspecified atom stereocenters. The van der Waals surface area contributed by atoms with E-state index in [1.54, 1.807) is 20.3 Å². The highest BCUT2D eigenvalue weighted by atomic mass is 16.5. The van der Waals surface area contributed by atoms with E-state index < -0.39 is 0 Å². The molecule has 92 valence electrons. The van der Waals surface area contributed by atoms with Gasteiger partial charge >= 0.3 is 0 Å². The van der Waals surface area contributed by atoms with Crippen molar-refractivity contribution in [3.8, 4) is 11.5 Å². The Morgan fingerprint density at radius 3 is 2.47 bits per heavy atom. The number of fused-ring (bicyclic) bond motifs is 1. The van der Waals surface area contributed by atoms with Crippen LogP contribution < -0.4 is 9.47 Å². The zero-order valence-electron chi connectivity index (χ0n) is 10.8. The SMILES string of the molecule is COc1cc(OC)c2c(c1)C(C)(C)CCC2=O. The zero-order chi connectivity index (χ0) is 12.6. The van der Waals surface area contributed by atoms with Gasteiger partial charge in [0.1, 0.15) is 11.5 Å². The van der Waals surface area contributed by atoms with Gasteiger partial charge in [-0.25, -0.2) is 0 Å². The molecule has 0 fully saturated rings. The van der Waals surface area contributed by atoms with Crippen molar-refractivity contribution < 1.29 is 14.3 Å². The Bertz CT molecular complexity index is 461. The zero-order valence-corrected chi connectivity index (χ0v) is 10.8. The van der Waals surface area contributed by atoms with Gasteiger partial charge in [-0.15, -0.1) is 0 Å². The third kappa shape index (κ3) is 1.90. The Morgan fingerprint density at radius 2 is 1.88 bits per heavy atom. The predicted molar refractivity (Wildman–Crippen MR) is 66.1 cm³/mol. The number of benzene rings is 1. The van der Waals surface area contributed by atoms with Crippen molar-refractivity contribution in [2.24, 2.45) is 0 Å². The maximum Gasteiger partial charge on any atom is 0.166 e. The van der Waals surface area contributed by atoms with Gasteiger partial charge in [-0.05, 0) is 23.5 Å². The highest BCUT2D eigenvalue weighted by molar-refractivity contribution is 6.02. The average molecular weight is 234 g/mol. The van der Waals surface area contributed by atoms with E-state index in [0.29, 0.717) is 12.2 Å². The molecule has 2 rings (SSSR count). The highest BCUT2D eigenvalue weighted by Gasteiger charge is 2.34. The quantitative estimate of drug-likeness (QED) is 0.789. The maximum atomic E-state index is 12.0. The van der Waals surface area contributed by atoms with E-state index in [0.717, 1.165) is 23.3 Å². The Balaban J connectivity index is 2.70. The van der Waals surface area contributed by atoms with Gasteiger partial charge in [0.25, 0.3) is 0 Å². The summed E-state index contributed by atoms with van der Waals surface area (Å²) in [5.41, 5.74) is 1.75. The molecule has 3 heteroatoms. The second kappa shape index (κ2) is 4.06. The number of Topliss-reactive ketones (excluding diaryl/α,β-unsaturated/α-hetero) is 1. The summed E-state index contributed by atoms with van der Waals surface area (Å²) in [6.07, 6.45) is 1.46. The van der Waals surface area contributed by atoms with E-state index in [4.69, 9.17) is 9.47 Å². The van der Waals surface area contributed by atoms with Crippen molar-refractivity contribution in [3.63, 3.8) is 0 Å². The average Bonchev–Trinajstić information content (AvgIpc) is 2.33. The smallest absolute Gasteiger partial charge is 0.166 e. The number of rotatable bonds is 2. The van der Waals surface area contributed by atoms with Gasteiger partial charge in [-0.3, -0.25) is 4.79 Å². The Morgan fingerprint density at radius 1 is 1.18 bits per heavy atom. The summed E-state index contributed by atoms with van der Waals surface area (Å²) in [5, 5.41) is 0. The number of hydrogen-bond acceptors (Lipinski definition) is 3. The van der Waals surface area contributed by atoms with E-state index in [9.17, 15) is 4.79 Å². The van der Waals surface area contributed by atoms with Crippen LogP contribution in [0, 0.1) is 0 Å². The molecule has 1 aromatic carbocycles. The molecule has 0 amide bonds. The minimum absolute atomic E-state index is 0.00887. The topological polar surface area (TPSA) is 35.5 Å². The normalized spacial score (nSPS) is 17.5. The molecular formula is C14H18O3. The first-order valence-corrected chi connectivity index (χ1v) is 5.79. The van der Waals surface area contributed by atoms with E-state index in [1.807, 2.05) is 6.07 Å². The first-order valence-electron chi connectivity index (χ1n) is 5.79. The number of hydrogen-bond donors (Lipinski definition) is 0. The first-order chi connectivity index (χ1) is 7.99. The lowest BCUT2D eigenvalue weighted by atomic mass is 9.72. The molecule has 0 heterocycles. The van der Waals surface area contributed by atoms with Gasteiger partial charge < -0.3 is 9.47 Å². The fourth-order valence-corrected chi connectivity index (χ4v) is 2.38. The standard InChI is InChI=1S/C14H18O3/c1-14(2)6-5-11(15)13-10(14)7-9(16-3)8-12(13)17-4/h7-8H,5-6H2,1-4H3. The molecule has 0 saturated carbocycles. The first kappa shape index (κ1) is 12.0. The van der Waals surface area contributed by atoms with Crippen LogP contribution in [0.4, 0.5) is 0 Å². The summed E-state index contributed by atoms with van der Waals surface area (Å²) in [4.78, 5) is 12.0. The molecule has 1 aliphatic rings. The van der Waals surface area contributed by atoms with Crippen molar-refractivity contribution in [2.75, 3.05) is 14.2 Å². The molecule has 0 saturated heterocycles. The van der Waals surface area contributed by atoms with E-state index in [1.165, 1.54) is 0 Å². The number of carbonyl (C=O) groups excluding carboxylic acids is 1. The van der Waals surface area contributed by atoms with Crippen molar-refractivity contribution in [1.82, 2.24) is 0 Å². The lowest BCUT2D eigenvalue weighted by molar-refractivity contribution is 0.0953. The summed E-state index contributed by atoms with van der Waals surface area (Å²) in [5.74, 6) is 1.53. The third-order valence-corrected chi connectivity index (χ3v) is 3.52. The van der Waals surface area contributed by atoms with Crippen molar-refractivity contribution in [3.05, 3.63) is 23.3 Å². The van der Waals surface area contributed by atoms with Crippen LogP contribution >= 0.6 is 0 Å². The second-order valence-corrected chi connectivity index (χ2v) is 5.06. The monoisotopic (exact) mass is 234 g/mol. The third-order valence-electron chi connectivity index (χ3n) is 3.52. The van der Waals surface area contributed by atoms with Crippen molar-refractivity contribution in [2.45, 2.75) is 32.1 Å². The summed E-state index contributed by atoms with van der Waals surface area (Å²) >= 11 is 0. The van der Waals surface area contributed by atoms with Crippen LogP contribution in [0.5, 0.6) is 11.5 Å². The molecule has 0 radical (unpaired) electrons. The van der Waals surface area contributed by atoms with Crippen LogP contribution in [-0.4, -0.2) is 20.0 Å². The molecular weight excluding hydrogens is 216 g/mol. The van der Waals surface area contributed by atoms with Gasteiger partial charge in [0, 0.05) is 12.5 Å². The Hall–Kier alpha value is -1.51. The lowest BCUT2D eigenvalue weighted by Crippen LogP contribution is -2.27. The maximum absolute atomic E-state index is 12.0. The number of ketones is 1. The van der Waals surface area contributed by atoms with E-state index in [2.05, 4.69) is 13.8 Å². The van der Waals surface area contributed by atoms with Crippen LogP contribution in [-0.2, 0) is 5.41 Å². The van der Waals surface area contributed by atoms with E-state index in [-0.39, 0.29) is 11.2 Å². The Kier molecular flexibility index (Phi) is 2.86. The van der Waals surface area contributed by atoms with Crippen LogP contribution in [0.15, 0.2) is 12.1 Å². The van der Waals surface area contributed by atoms with Gasteiger partial charge in [-0.1, -0.05) is 13.8 Å². The largest absolute Gasteiger partial charge is 0.497 e. The molecule has 0 aliphatic heterocycles. The summed E-state index contributed by atoms with van der Waals surface area (Å²) in [7, 11) is 3.21. The van der Waals surface area contributed by atoms with Gasteiger partial charge in [0.05, 0.1) is 19.8 Å². The molecule has 0 spiro atoms. The molecule has 0 N–H and O–H groups in total.